The minimum absolute atomic E-state index is 0.0302. The summed E-state index contributed by atoms with van der Waals surface area (Å²) in [5.74, 6) is -0.0302. The average molecular weight is 242 g/mol. The van der Waals surface area contributed by atoms with Gasteiger partial charge in [-0.15, -0.1) is 0 Å². The van der Waals surface area contributed by atoms with E-state index >= 15 is 0 Å². The Morgan fingerprint density at radius 2 is 1.83 bits per heavy atom. The van der Waals surface area contributed by atoms with Gasteiger partial charge in [-0.2, -0.15) is 0 Å². The molecular weight excluding hydrogens is 224 g/mol. The van der Waals surface area contributed by atoms with Crippen molar-refractivity contribution in [1.82, 2.24) is 10.3 Å². The van der Waals surface area contributed by atoms with Gasteiger partial charge >= 0.3 is 0 Å². The van der Waals surface area contributed by atoms with Gasteiger partial charge in [0.15, 0.2) is 0 Å². The first-order valence-electron chi connectivity index (χ1n) is 6.06. The van der Waals surface area contributed by atoms with E-state index in [0.717, 1.165) is 22.5 Å². The van der Waals surface area contributed by atoms with Crippen molar-refractivity contribution in [3.05, 3.63) is 58.4 Å². The molecule has 0 spiro atoms. The minimum atomic E-state index is -0.0302. The maximum atomic E-state index is 12.0. The molecule has 2 N–H and O–H groups in total. The fourth-order valence-electron chi connectivity index (χ4n) is 1.94. The number of nitrogens with one attached hydrogen (secondary N) is 2. The SMILES string of the molecule is Cc1ccc(CNC(=O)c2cc(C)[nH]c2C)cc1. The molecule has 3 nitrogen and oxygen atoms in total. The van der Waals surface area contributed by atoms with Crippen LogP contribution >= 0.6 is 0 Å². The van der Waals surface area contributed by atoms with Crippen molar-refractivity contribution in [1.29, 1.82) is 0 Å². The van der Waals surface area contributed by atoms with Crippen LogP contribution in [0.1, 0.15) is 32.9 Å². The summed E-state index contributed by atoms with van der Waals surface area (Å²) in [7, 11) is 0. The monoisotopic (exact) mass is 242 g/mol. The Morgan fingerprint density at radius 1 is 1.17 bits per heavy atom. The summed E-state index contributed by atoms with van der Waals surface area (Å²) in [6, 6.07) is 10.0. The highest BCUT2D eigenvalue weighted by molar-refractivity contribution is 5.95. The maximum Gasteiger partial charge on any atom is 0.253 e. The lowest BCUT2D eigenvalue weighted by Crippen LogP contribution is -2.23. The van der Waals surface area contributed by atoms with Gasteiger partial charge in [-0.1, -0.05) is 29.8 Å². The molecule has 2 aromatic rings. The van der Waals surface area contributed by atoms with E-state index < -0.39 is 0 Å². The minimum Gasteiger partial charge on any atom is -0.362 e. The second-order valence-corrected chi connectivity index (χ2v) is 4.66. The lowest BCUT2D eigenvalue weighted by atomic mass is 10.1. The van der Waals surface area contributed by atoms with Crippen LogP contribution in [0.4, 0.5) is 0 Å². The van der Waals surface area contributed by atoms with E-state index in [1.807, 2.05) is 51.1 Å². The summed E-state index contributed by atoms with van der Waals surface area (Å²) in [6.07, 6.45) is 0. The summed E-state index contributed by atoms with van der Waals surface area (Å²) in [6.45, 7) is 6.47. The van der Waals surface area contributed by atoms with Crippen LogP contribution in [0.3, 0.4) is 0 Å². The fourth-order valence-corrected chi connectivity index (χ4v) is 1.94. The van der Waals surface area contributed by atoms with Crippen LogP contribution in [-0.2, 0) is 6.54 Å². The van der Waals surface area contributed by atoms with Gasteiger partial charge in [-0.25, -0.2) is 0 Å². The number of aromatic amines is 1. The van der Waals surface area contributed by atoms with Crippen LogP contribution in [0.15, 0.2) is 30.3 Å². The summed E-state index contributed by atoms with van der Waals surface area (Å²) >= 11 is 0. The number of carbonyl (C=O) groups is 1. The fraction of sp³-hybridized carbons (Fsp3) is 0.267. The van der Waals surface area contributed by atoms with Crippen LogP contribution in [0.25, 0.3) is 0 Å². The first kappa shape index (κ1) is 12.4. The molecular formula is C15H18N2O. The average Bonchev–Trinajstić information content (AvgIpc) is 2.67. The van der Waals surface area contributed by atoms with Gasteiger partial charge in [-0.3, -0.25) is 4.79 Å². The van der Waals surface area contributed by atoms with Crippen LogP contribution in [0, 0.1) is 20.8 Å². The summed E-state index contributed by atoms with van der Waals surface area (Å²) in [5.41, 5.74) is 4.97. The zero-order valence-corrected chi connectivity index (χ0v) is 11.0. The van der Waals surface area contributed by atoms with Crippen molar-refractivity contribution in [2.45, 2.75) is 27.3 Å². The van der Waals surface area contributed by atoms with E-state index in [1.165, 1.54) is 5.56 Å². The Bertz CT molecular complexity index is 552. The van der Waals surface area contributed by atoms with E-state index in [4.69, 9.17) is 0 Å². The first-order chi connectivity index (χ1) is 8.56. The highest BCUT2D eigenvalue weighted by Crippen LogP contribution is 2.09. The highest BCUT2D eigenvalue weighted by atomic mass is 16.1. The number of H-pyrrole nitrogens is 1. The molecule has 0 saturated heterocycles. The third-order valence-corrected chi connectivity index (χ3v) is 2.97. The van der Waals surface area contributed by atoms with Crippen molar-refractivity contribution in [2.75, 3.05) is 0 Å². The standard InChI is InChI=1S/C15H18N2O/c1-10-4-6-13(7-5-10)9-16-15(18)14-8-11(2)17-12(14)3/h4-8,17H,9H2,1-3H3,(H,16,18). The molecule has 0 atom stereocenters. The van der Waals surface area contributed by atoms with Gasteiger partial charge in [0.25, 0.3) is 5.91 Å². The van der Waals surface area contributed by atoms with Crippen LogP contribution in [-0.4, -0.2) is 10.9 Å². The number of hydrogen-bond donors (Lipinski definition) is 2. The Hall–Kier alpha value is -2.03. The Balaban J connectivity index is 2.00. The molecule has 1 amide bonds. The maximum absolute atomic E-state index is 12.0. The number of aryl methyl sites for hydroxylation is 3. The number of hydrogen-bond acceptors (Lipinski definition) is 1. The normalized spacial score (nSPS) is 10.4. The third-order valence-electron chi connectivity index (χ3n) is 2.97. The van der Waals surface area contributed by atoms with Crippen molar-refractivity contribution < 1.29 is 4.79 Å². The molecule has 0 aliphatic heterocycles. The molecule has 1 heterocycles. The van der Waals surface area contributed by atoms with Crippen molar-refractivity contribution >= 4 is 5.91 Å². The zero-order valence-electron chi connectivity index (χ0n) is 11.0. The summed E-state index contributed by atoms with van der Waals surface area (Å²) in [4.78, 5) is 15.1. The lowest BCUT2D eigenvalue weighted by molar-refractivity contribution is 0.0950. The van der Waals surface area contributed by atoms with E-state index in [9.17, 15) is 4.79 Å². The lowest BCUT2D eigenvalue weighted by Gasteiger charge is -2.05. The number of amides is 1. The molecule has 2 rings (SSSR count). The molecule has 0 radical (unpaired) electrons. The Kier molecular flexibility index (Phi) is 3.51. The molecule has 3 heteroatoms. The molecule has 0 aliphatic rings. The topological polar surface area (TPSA) is 44.9 Å². The van der Waals surface area contributed by atoms with Gasteiger partial charge in [0.05, 0.1) is 5.56 Å². The molecule has 0 saturated carbocycles. The molecule has 0 bridgehead atoms. The summed E-state index contributed by atoms with van der Waals surface area (Å²) < 4.78 is 0. The number of benzene rings is 1. The Morgan fingerprint density at radius 3 is 2.39 bits per heavy atom. The number of rotatable bonds is 3. The van der Waals surface area contributed by atoms with Crippen LogP contribution < -0.4 is 5.32 Å². The molecule has 0 unspecified atom stereocenters. The first-order valence-corrected chi connectivity index (χ1v) is 6.06. The highest BCUT2D eigenvalue weighted by Gasteiger charge is 2.10. The number of carbonyl (C=O) groups excluding carboxylic acids is 1. The molecule has 0 fully saturated rings. The zero-order chi connectivity index (χ0) is 13.1. The molecule has 94 valence electrons. The molecule has 0 aliphatic carbocycles. The van der Waals surface area contributed by atoms with Crippen LogP contribution in [0.2, 0.25) is 0 Å². The predicted octanol–water partition coefficient (Wildman–Crippen LogP) is 2.87. The Labute approximate surface area is 107 Å². The van der Waals surface area contributed by atoms with Gasteiger partial charge in [0.2, 0.25) is 0 Å². The van der Waals surface area contributed by atoms with Crippen molar-refractivity contribution in [3.63, 3.8) is 0 Å². The van der Waals surface area contributed by atoms with Gasteiger partial charge < -0.3 is 10.3 Å². The molecule has 18 heavy (non-hydrogen) atoms. The number of aromatic nitrogens is 1. The van der Waals surface area contributed by atoms with Crippen molar-refractivity contribution in [3.8, 4) is 0 Å². The smallest absolute Gasteiger partial charge is 0.253 e. The second-order valence-electron chi connectivity index (χ2n) is 4.66. The van der Waals surface area contributed by atoms with Crippen LogP contribution in [0.5, 0.6) is 0 Å². The van der Waals surface area contributed by atoms with Gasteiger partial charge in [-0.05, 0) is 32.4 Å². The van der Waals surface area contributed by atoms with E-state index in [0.29, 0.717) is 6.54 Å². The predicted molar refractivity (Wildman–Crippen MR) is 72.6 cm³/mol. The summed E-state index contributed by atoms with van der Waals surface area (Å²) in [5, 5.41) is 2.93. The molecule has 1 aromatic carbocycles. The van der Waals surface area contributed by atoms with E-state index in [1.54, 1.807) is 0 Å². The van der Waals surface area contributed by atoms with Crippen molar-refractivity contribution in [2.24, 2.45) is 0 Å². The quantitative estimate of drug-likeness (QED) is 0.854. The van der Waals surface area contributed by atoms with E-state index in [-0.39, 0.29) is 5.91 Å². The third kappa shape index (κ3) is 2.80. The van der Waals surface area contributed by atoms with Gasteiger partial charge in [0, 0.05) is 17.9 Å². The largest absolute Gasteiger partial charge is 0.362 e. The second kappa shape index (κ2) is 5.08. The van der Waals surface area contributed by atoms with Gasteiger partial charge in [0.1, 0.15) is 0 Å². The molecule has 1 aromatic heterocycles. The van der Waals surface area contributed by atoms with E-state index in [2.05, 4.69) is 10.3 Å².